The number of fused-ring (bicyclic) bond motifs is 1. The van der Waals surface area contributed by atoms with Crippen LogP contribution in [0.5, 0.6) is 11.5 Å². The van der Waals surface area contributed by atoms with Crippen LogP contribution >= 0.6 is 0 Å². The molecule has 1 aliphatic heterocycles. The molecule has 1 saturated heterocycles. The van der Waals surface area contributed by atoms with Crippen molar-refractivity contribution in [1.82, 2.24) is 14.9 Å². The molecule has 9 nitrogen and oxygen atoms in total. The van der Waals surface area contributed by atoms with E-state index >= 15 is 0 Å². The minimum absolute atomic E-state index is 0.000258. The number of carbonyl (C=O) groups excluding carboxylic acids is 2. The maximum absolute atomic E-state index is 13.1. The summed E-state index contributed by atoms with van der Waals surface area (Å²) in [7, 11) is 3.21. The summed E-state index contributed by atoms with van der Waals surface area (Å²) in [5.41, 5.74) is 3.13. The van der Waals surface area contributed by atoms with Gasteiger partial charge in [-0.3, -0.25) is 9.59 Å². The van der Waals surface area contributed by atoms with Crippen molar-refractivity contribution in [3.05, 3.63) is 64.9 Å². The number of furan rings is 1. The smallest absolute Gasteiger partial charge is 0.289 e. The largest absolute Gasteiger partial charge is 0.493 e. The molecule has 1 atom stereocenters. The molecule has 3 aromatic rings. The molecule has 0 unspecified atom stereocenters. The zero-order valence-electron chi connectivity index (χ0n) is 20.1. The Hall–Kier alpha value is -3.88. The molecule has 9 heteroatoms. The Bertz CT molecular complexity index is 1250. The van der Waals surface area contributed by atoms with Crippen LogP contribution in [0.3, 0.4) is 0 Å². The number of ether oxygens (including phenoxy) is 2. The van der Waals surface area contributed by atoms with E-state index in [1.807, 2.05) is 25.1 Å². The molecule has 1 amide bonds. The van der Waals surface area contributed by atoms with E-state index in [1.165, 1.54) is 6.26 Å². The maximum atomic E-state index is 13.1. The lowest BCUT2D eigenvalue weighted by Gasteiger charge is -2.35. The number of hydrogen-bond donors (Lipinski definition) is 0. The Morgan fingerprint density at radius 3 is 2.49 bits per heavy atom. The predicted molar refractivity (Wildman–Crippen MR) is 129 cm³/mol. The molecule has 0 N–H and O–H groups in total. The number of amides is 1. The van der Waals surface area contributed by atoms with E-state index in [9.17, 15) is 9.59 Å². The summed E-state index contributed by atoms with van der Waals surface area (Å²) in [5, 5.41) is 0. The van der Waals surface area contributed by atoms with Crippen LogP contribution in [0.2, 0.25) is 0 Å². The van der Waals surface area contributed by atoms with Crippen molar-refractivity contribution >= 4 is 17.6 Å². The van der Waals surface area contributed by atoms with Crippen molar-refractivity contribution in [2.24, 2.45) is 0 Å². The van der Waals surface area contributed by atoms with Gasteiger partial charge in [-0.25, -0.2) is 9.97 Å². The summed E-state index contributed by atoms with van der Waals surface area (Å²) in [6.45, 7) is 4.18. The number of benzene rings is 1. The molecule has 182 valence electrons. The lowest BCUT2D eigenvalue weighted by atomic mass is 9.81. The third-order valence-corrected chi connectivity index (χ3v) is 6.76. The number of methoxy groups -OCH3 is 2. The molecular formula is C26H28N4O5. The highest BCUT2D eigenvalue weighted by Gasteiger charge is 2.32. The molecule has 0 radical (unpaired) electrons. The number of piperazine rings is 1. The number of aryl methyl sites for hydroxylation is 1. The molecule has 0 saturated carbocycles. The predicted octanol–water partition coefficient (Wildman–Crippen LogP) is 3.27. The molecule has 2 aliphatic rings. The molecule has 1 aromatic carbocycles. The Kier molecular flexibility index (Phi) is 6.15. The van der Waals surface area contributed by atoms with Gasteiger partial charge in [0.1, 0.15) is 0 Å². The maximum Gasteiger partial charge on any atom is 0.289 e. The summed E-state index contributed by atoms with van der Waals surface area (Å²) >= 11 is 0. The summed E-state index contributed by atoms with van der Waals surface area (Å²) in [6, 6.07) is 9.18. The van der Waals surface area contributed by atoms with Gasteiger partial charge in [-0.05, 0) is 49.1 Å². The fourth-order valence-electron chi connectivity index (χ4n) is 4.91. The Morgan fingerprint density at radius 1 is 1.03 bits per heavy atom. The van der Waals surface area contributed by atoms with Crippen LogP contribution in [0.15, 0.2) is 41.0 Å². The van der Waals surface area contributed by atoms with E-state index in [1.54, 1.807) is 31.3 Å². The van der Waals surface area contributed by atoms with Gasteiger partial charge in [0.2, 0.25) is 5.95 Å². The van der Waals surface area contributed by atoms with Crippen LogP contribution < -0.4 is 14.4 Å². The molecule has 35 heavy (non-hydrogen) atoms. The minimum Gasteiger partial charge on any atom is -0.493 e. The Balaban J connectivity index is 1.35. The summed E-state index contributed by atoms with van der Waals surface area (Å²) < 4.78 is 16.1. The van der Waals surface area contributed by atoms with E-state index in [0.29, 0.717) is 73.5 Å². The van der Waals surface area contributed by atoms with Gasteiger partial charge >= 0.3 is 0 Å². The standard InChI is InChI=1S/C26H28N4O5/c1-16-24-19(13-18(14-20(24)31)17-6-7-21(33-2)23(15-17)34-3)28-26(27-16)30-10-8-29(9-11-30)25(32)22-5-4-12-35-22/h4-7,12,15,18H,8-11,13-14H2,1-3H3/t18-/m0/s1. The van der Waals surface area contributed by atoms with Crippen molar-refractivity contribution in [3.8, 4) is 11.5 Å². The van der Waals surface area contributed by atoms with Gasteiger partial charge in [0.05, 0.1) is 37.4 Å². The Labute approximate surface area is 203 Å². The van der Waals surface area contributed by atoms with Crippen LogP contribution in [0.25, 0.3) is 0 Å². The zero-order valence-corrected chi connectivity index (χ0v) is 20.1. The Morgan fingerprint density at radius 2 is 1.80 bits per heavy atom. The first-order valence-electron chi connectivity index (χ1n) is 11.7. The lowest BCUT2D eigenvalue weighted by Crippen LogP contribution is -2.49. The number of rotatable bonds is 5. The first-order valence-corrected chi connectivity index (χ1v) is 11.7. The van der Waals surface area contributed by atoms with Gasteiger partial charge in [0, 0.05) is 32.6 Å². The number of anilines is 1. The first-order chi connectivity index (χ1) is 17.0. The van der Waals surface area contributed by atoms with Crippen LogP contribution in [-0.4, -0.2) is 67.0 Å². The van der Waals surface area contributed by atoms with Gasteiger partial charge in [0.15, 0.2) is 23.0 Å². The number of Topliss-reactive ketones (excluding diaryl/α,β-unsaturated/α-hetero) is 1. The van der Waals surface area contributed by atoms with Crippen LogP contribution in [0.1, 0.15) is 50.2 Å². The number of carbonyl (C=O) groups is 2. The summed E-state index contributed by atoms with van der Waals surface area (Å²) in [5.74, 6) is 2.20. The van der Waals surface area contributed by atoms with Crippen molar-refractivity contribution in [3.63, 3.8) is 0 Å². The number of hydrogen-bond acceptors (Lipinski definition) is 8. The van der Waals surface area contributed by atoms with Gasteiger partial charge in [-0.1, -0.05) is 6.07 Å². The molecule has 3 heterocycles. The third-order valence-electron chi connectivity index (χ3n) is 6.76. The molecular weight excluding hydrogens is 448 g/mol. The highest BCUT2D eigenvalue weighted by molar-refractivity contribution is 5.99. The third kappa shape index (κ3) is 4.34. The number of nitrogens with zero attached hydrogens (tertiary/aromatic N) is 4. The van der Waals surface area contributed by atoms with Crippen LogP contribution in [-0.2, 0) is 6.42 Å². The fraction of sp³-hybridized carbons (Fsp3) is 0.385. The van der Waals surface area contributed by atoms with Crippen LogP contribution in [0.4, 0.5) is 5.95 Å². The highest BCUT2D eigenvalue weighted by Crippen LogP contribution is 2.37. The average molecular weight is 477 g/mol. The van der Waals surface area contributed by atoms with E-state index in [-0.39, 0.29) is 17.6 Å². The van der Waals surface area contributed by atoms with Gasteiger partial charge in [0.25, 0.3) is 5.91 Å². The van der Waals surface area contributed by atoms with Gasteiger partial charge in [-0.15, -0.1) is 0 Å². The van der Waals surface area contributed by atoms with E-state index in [4.69, 9.17) is 18.9 Å². The van der Waals surface area contributed by atoms with E-state index in [2.05, 4.69) is 9.88 Å². The van der Waals surface area contributed by atoms with Gasteiger partial charge < -0.3 is 23.7 Å². The lowest BCUT2D eigenvalue weighted by molar-refractivity contribution is 0.0713. The second-order valence-corrected chi connectivity index (χ2v) is 8.83. The van der Waals surface area contributed by atoms with E-state index in [0.717, 1.165) is 11.3 Å². The number of aromatic nitrogens is 2. The van der Waals surface area contributed by atoms with Crippen molar-refractivity contribution in [2.75, 3.05) is 45.3 Å². The normalized spacial score (nSPS) is 17.8. The molecule has 1 aliphatic carbocycles. The monoisotopic (exact) mass is 476 g/mol. The SMILES string of the molecule is COc1ccc([C@@H]2CC(=O)c3c(C)nc(N4CCN(C(=O)c5ccco5)CC4)nc3C2)cc1OC. The van der Waals surface area contributed by atoms with Crippen molar-refractivity contribution in [2.45, 2.75) is 25.7 Å². The topological polar surface area (TPSA) is 98.0 Å². The summed E-state index contributed by atoms with van der Waals surface area (Å²) in [4.78, 5) is 39.0. The highest BCUT2D eigenvalue weighted by atomic mass is 16.5. The molecule has 5 rings (SSSR count). The quantitative estimate of drug-likeness (QED) is 0.554. The average Bonchev–Trinajstić information content (AvgIpc) is 3.42. The number of ketones is 1. The molecule has 1 fully saturated rings. The second kappa shape index (κ2) is 9.40. The summed E-state index contributed by atoms with van der Waals surface area (Å²) in [6.07, 6.45) is 2.55. The van der Waals surface area contributed by atoms with Gasteiger partial charge in [-0.2, -0.15) is 0 Å². The van der Waals surface area contributed by atoms with Crippen molar-refractivity contribution in [1.29, 1.82) is 0 Å². The molecule has 2 aromatic heterocycles. The van der Waals surface area contributed by atoms with Crippen LogP contribution in [0, 0.1) is 6.92 Å². The van der Waals surface area contributed by atoms with E-state index < -0.39 is 0 Å². The van der Waals surface area contributed by atoms with Crippen molar-refractivity contribution < 1.29 is 23.5 Å². The fourth-order valence-corrected chi connectivity index (χ4v) is 4.91. The second-order valence-electron chi connectivity index (χ2n) is 8.83. The molecule has 0 spiro atoms. The molecule has 0 bridgehead atoms. The first kappa shape index (κ1) is 22.9. The zero-order chi connectivity index (χ0) is 24.5. The minimum atomic E-state index is -0.111.